The number of nitrogens with zero attached hydrogens (tertiary/aromatic N) is 3. The molecule has 4 atom stereocenters. The van der Waals surface area contributed by atoms with Crippen molar-refractivity contribution in [3.63, 3.8) is 0 Å². The molecule has 13 rings (SSSR count). The molecule has 7 aromatic rings. The molecule has 0 N–H and O–H groups in total. The van der Waals surface area contributed by atoms with E-state index in [1.807, 2.05) is 0 Å². The largest absolute Gasteiger partial charge is 0.335 e. The third-order valence-electron chi connectivity index (χ3n) is 19.2. The maximum atomic E-state index is 2.93. The van der Waals surface area contributed by atoms with Gasteiger partial charge in [0, 0.05) is 51.0 Å². The summed E-state index contributed by atoms with van der Waals surface area (Å²) in [6.45, 7) is 29.2. The van der Waals surface area contributed by atoms with Crippen molar-refractivity contribution in [1.82, 2.24) is 0 Å². The quantitative estimate of drug-likeness (QED) is 0.164. The van der Waals surface area contributed by atoms with Gasteiger partial charge in [-0.3, -0.25) is 0 Å². The summed E-state index contributed by atoms with van der Waals surface area (Å²) in [7, 11) is 0. The van der Waals surface area contributed by atoms with Gasteiger partial charge in [-0.2, -0.15) is 0 Å². The predicted octanol–water partition coefficient (Wildman–Crippen LogP) is 15.7. The van der Waals surface area contributed by atoms with Crippen LogP contribution in [0.15, 0.2) is 140 Å². The average molecular weight is 930 g/mol. The molecule has 0 bridgehead atoms. The van der Waals surface area contributed by atoms with Crippen molar-refractivity contribution in [1.29, 1.82) is 0 Å². The first kappa shape index (κ1) is 44.9. The van der Waals surface area contributed by atoms with E-state index < -0.39 is 0 Å². The van der Waals surface area contributed by atoms with Gasteiger partial charge in [-0.1, -0.05) is 185 Å². The molecule has 4 aliphatic heterocycles. The molecule has 0 amide bonds. The number of hydrogen-bond acceptors (Lipinski definition) is 3. The molecule has 1 saturated carbocycles. The lowest BCUT2D eigenvalue weighted by Crippen LogP contribution is -2.64. The molecular formula is C67H72BN3. The monoisotopic (exact) mass is 930 g/mol. The molecule has 0 aromatic heterocycles. The Hall–Kier alpha value is -6.00. The number of anilines is 7. The van der Waals surface area contributed by atoms with E-state index in [2.05, 4.69) is 237 Å². The zero-order valence-electron chi connectivity index (χ0n) is 44.5. The minimum absolute atomic E-state index is 0.0117. The highest BCUT2D eigenvalue weighted by molar-refractivity contribution is 7.00. The Morgan fingerprint density at radius 2 is 1.15 bits per heavy atom. The number of benzene rings is 7. The SMILES string of the molecule is CC(C)(C)c1ccc(N2c3cc(C(C)(C)C)ccc3B3c4cccc5c4N(c4cc(N6c7ccc(C(C)(C)C)cc7C7CCc8ccccc8C76C)cc2c43)C2(C)CCCCC52C)c(-c2ccccc2)c1. The normalized spacial score (nSPS) is 23.6. The predicted molar refractivity (Wildman–Crippen MR) is 304 cm³/mol. The lowest BCUT2D eigenvalue weighted by atomic mass is 9.33. The Morgan fingerprint density at radius 3 is 1.90 bits per heavy atom. The fourth-order valence-electron chi connectivity index (χ4n) is 15.1. The van der Waals surface area contributed by atoms with Crippen LogP contribution in [0.1, 0.15) is 160 Å². The van der Waals surface area contributed by atoms with E-state index in [0.29, 0.717) is 5.92 Å². The first-order valence-electron chi connectivity index (χ1n) is 27.0. The summed E-state index contributed by atoms with van der Waals surface area (Å²) in [6.07, 6.45) is 7.10. The van der Waals surface area contributed by atoms with Crippen molar-refractivity contribution in [2.75, 3.05) is 14.7 Å². The summed E-state index contributed by atoms with van der Waals surface area (Å²) >= 11 is 0. The van der Waals surface area contributed by atoms with Gasteiger partial charge in [0.15, 0.2) is 0 Å². The molecular weight excluding hydrogens is 858 g/mol. The van der Waals surface area contributed by atoms with Crippen LogP contribution < -0.4 is 31.1 Å². The molecule has 4 heterocycles. The summed E-state index contributed by atoms with van der Waals surface area (Å²) in [6, 6.07) is 55.9. The highest BCUT2D eigenvalue weighted by atomic mass is 15.3. The third kappa shape index (κ3) is 6.09. The Labute approximate surface area is 425 Å². The molecule has 6 aliphatic rings. The van der Waals surface area contributed by atoms with Gasteiger partial charge in [0.1, 0.15) is 0 Å². The van der Waals surface area contributed by atoms with Crippen LogP contribution in [0.3, 0.4) is 0 Å². The van der Waals surface area contributed by atoms with Gasteiger partial charge in [0.2, 0.25) is 0 Å². The molecule has 358 valence electrons. The van der Waals surface area contributed by atoms with Crippen LogP contribution in [0.5, 0.6) is 0 Å². The Bertz CT molecular complexity index is 3360. The Balaban J connectivity index is 1.18. The number of para-hydroxylation sites is 1. The number of hydrogen-bond donors (Lipinski definition) is 0. The molecule has 4 unspecified atom stereocenters. The topological polar surface area (TPSA) is 9.72 Å². The first-order chi connectivity index (χ1) is 33.7. The fourth-order valence-corrected chi connectivity index (χ4v) is 15.1. The Morgan fingerprint density at radius 1 is 0.521 bits per heavy atom. The smallest absolute Gasteiger partial charge is 0.252 e. The number of fused-ring (bicyclic) bond motifs is 12. The van der Waals surface area contributed by atoms with Gasteiger partial charge in [-0.05, 0) is 153 Å². The fraction of sp³-hybridized carbons (Fsp3) is 0.373. The van der Waals surface area contributed by atoms with Crippen LogP contribution in [0, 0.1) is 0 Å². The van der Waals surface area contributed by atoms with Gasteiger partial charge >= 0.3 is 0 Å². The molecule has 0 saturated heterocycles. The van der Waals surface area contributed by atoms with Crippen LogP contribution in [0.25, 0.3) is 11.1 Å². The minimum atomic E-state index is -0.305. The van der Waals surface area contributed by atoms with E-state index in [9.17, 15) is 0 Å². The molecule has 7 aromatic carbocycles. The summed E-state index contributed by atoms with van der Waals surface area (Å²) in [5.74, 6) is 0.342. The maximum Gasteiger partial charge on any atom is 0.252 e. The van der Waals surface area contributed by atoms with E-state index >= 15 is 0 Å². The van der Waals surface area contributed by atoms with Crippen molar-refractivity contribution in [2.45, 2.75) is 160 Å². The van der Waals surface area contributed by atoms with Crippen molar-refractivity contribution in [2.24, 2.45) is 0 Å². The van der Waals surface area contributed by atoms with Crippen LogP contribution in [-0.4, -0.2) is 12.3 Å². The lowest BCUT2D eigenvalue weighted by Gasteiger charge is -2.53. The molecule has 2 aliphatic carbocycles. The highest BCUT2D eigenvalue weighted by Crippen LogP contribution is 2.65. The van der Waals surface area contributed by atoms with Crippen LogP contribution in [-0.2, 0) is 33.6 Å². The third-order valence-corrected chi connectivity index (χ3v) is 19.2. The second kappa shape index (κ2) is 14.8. The Kier molecular flexibility index (Phi) is 9.36. The second-order valence-electron chi connectivity index (χ2n) is 26.2. The van der Waals surface area contributed by atoms with Gasteiger partial charge in [0.25, 0.3) is 6.71 Å². The van der Waals surface area contributed by atoms with Crippen molar-refractivity contribution in [3.05, 3.63) is 178 Å². The van der Waals surface area contributed by atoms with E-state index in [1.165, 1.54) is 120 Å². The van der Waals surface area contributed by atoms with E-state index in [1.54, 1.807) is 5.56 Å². The summed E-state index contributed by atoms with van der Waals surface area (Å²) in [5, 5.41) is 0. The molecule has 3 nitrogen and oxygen atoms in total. The van der Waals surface area contributed by atoms with Gasteiger partial charge < -0.3 is 14.7 Å². The summed E-state index contributed by atoms with van der Waals surface area (Å²) in [4.78, 5) is 8.50. The summed E-state index contributed by atoms with van der Waals surface area (Å²) in [5.41, 5.74) is 25.8. The zero-order chi connectivity index (χ0) is 49.4. The standard InChI is InChI=1S/C67H72BN3/c1-62(2,3)44-29-33-55(48(37-44)42-21-14-13-15-22-42)69-57-39-46(64(7,8)9)28-32-53(57)68-54-26-20-25-52-61(54)71(66(11)36-19-18-35-65(52,66)10)59-41-47(40-58(69)60(59)68)70-56-34-30-45(63(4,5)6)38-49(56)51-31-27-43-23-16-17-24-50(43)67(51,70)12/h13-17,20-26,28-30,32-34,37-41,51H,18-19,27,31,35-36H2,1-12H3. The van der Waals surface area contributed by atoms with Crippen molar-refractivity contribution >= 4 is 62.9 Å². The first-order valence-corrected chi connectivity index (χ1v) is 27.0. The van der Waals surface area contributed by atoms with Crippen molar-refractivity contribution in [3.8, 4) is 11.1 Å². The summed E-state index contributed by atoms with van der Waals surface area (Å²) < 4.78 is 0. The van der Waals surface area contributed by atoms with E-state index in [0.717, 1.165) is 19.3 Å². The van der Waals surface area contributed by atoms with Gasteiger partial charge in [0.05, 0.1) is 16.8 Å². The van der Waals surface area contributed by atoms with Crippen LogP contribution in [0.4, 0.5) is 39.8 Å². The lowest BCUT2D eigenvalue weighted by molar-refractivity contribution is 0.195. The molecule has 4 heteroatoms. The highest BCUT2D eigenvalue weighted by Gasteiger charge is 2.62. The van der Waals surface area contributed by atoms with Gasteiger partial charge in [-0.25, -0.2) is 0 Å². The zero-order valence-corrected chi connectivity index (χ0v) is 44.5. The molecule has 0 spiro atoms. The van der Waals surface area contributed by atoms with E-state index in [-0.39, 0.29) is 39.5 Å². The second-order valence-corrected chi connectivity index (χ2v) is 26.2. The number of rotatable bonds is 3. The molecule has 1 fully saturated rings. The number of aryl methyl sites for hydroxylation is 1. The maximum absolute atomic E-state index is 2.93. The molecule has 0 radical (unpaired) electrons. The van der Waals surface area contributed by atoms with Crippen LogP contribution in [0.2, 0.25) is 0 Å². The van der Waals surface area contributed by atoms with Crippen molar-refractivity contribution < 1.29 is 0 Å². The average Bonchev–Trinajstić information content (AvgIpc) is 3.73. The molecule has 71 heavy (non-hydrogen) atoms. The van der Waals surface area contributed by atoms with E-state index in [4.69, 9.17) is 0 Å². The minimum Gasteiger partial charge on any atom is -0.335 e. The van der Waals surface area contributed by atoms with Gasteiger partial charge in [-0.15, -0.1) is 0 Å². The van der Waals surface area contributed by atoms with Crippen LogP contribution >= 0.6 is 0 Å².